The zero-order valence-corrected chi connectivity index (χ0v) is 11.8. The lowest BCUT2D eigenvalue weighted by molar-refractivity contribution is 0.133. The van der Waals surface area contributed by atoms with E-state index in [0.29, 0.717) is 28.9 Å². The highest BCUT2D eigenvalue weighted by molar-refractivity contribution is 5.80. The molecule has 3 aromatic rings. The normalized spacial score (nSPS) is 10.9. The van der Waals surface area contributed by atoms with E-state index in [1.165, 1.54) is 0 Å². The van der Waals surface area contributed by atoms with Gasteiger partial charge in [0.05, 0.1) is 17.6 Å². The molecule has 3 heteroatoms. The van der Waals surface area contributed by atoms with Crippen molar-refractivity contribution in [1.29, 1.82) is 0 Å². The minimum atomic E-state index is -0.0239. The highest BCUT2D eigenvalue weighted by Crippen LogP contribution is 2.26. The van der Waals surface area contributed by atoms with E-state index in [2.05, 4.69) is 0 Å². The Kier molecular flexibility index (Phi) is 3.84. The molecular weight excluding hydrogens is 264 g/mol. The zero-order chi connectivity index (χ0) is 14.7. The van der Waals surface area contributed by atoms with Crippen LogP contribution in [0, 0.1) is 0 Å². The van der Waals surface area contributed by atoms with Crippen LogP contribution in [0.3, 0.4) is 0 Å². The second kappa shape index (κ2) is 5.94. The summed E-state index contributed by atoms with van der Waals surface area (Å²) in [6.07, 6.45) is 0. The Bertz CT molecular complexity index is 804. The number of hydrogen-bond donors (Lipinski definition) is 0. The van der Waals surface area contributed by atoms with E-state index in [0.717, 1.165) is 5.56 Å². The van der Waals surface area contributed by atoms with Gasteiger partial charge in [-0.25, -0.2) is 0 Å². The number of rotatable bonds is 4. The van der Waals surface area contributed by atoms with Crippen LogP contribution in [-0.2, 0) is 11.3 Å². The van der Waals surface area contributed by atoms with Crippen molar-refractivity contribution in [3.8, 4) is 11.3 Å². The summed E-state index contributed by atoms with van der Waals surface area (Å²) in [5, 5.41) is 0.590. The summed E-state index contributed by atoms with van der Waals surface area (Å²) < 4.78 is 11.4. The van der Waals surface area contributed by atoms with Gasteiger partial charge in [-0.3, -0.25) is 4.79 Å². The molecule has 0 amide bonds. The number of hydrogen-bond acceptors (Lipinski definition) is 3. The first-order valence-electron chi connectivity index (χ1n) is 6.99. The molecule has 3 rings (SSSR count). The molecule has 0 unspecified atom stereocenters. The second-order valence-corrected chi connectivity index (χ2v) is 4.74. The standard InChI is InChI=1S/C18H16O3/c1-2-20-12-15-17(19)14-10-6-7-11-16(14)21-18(15)13-8-4-3-5-9-13/h3-11H,2,12H2,1H3. The summed E-state index contributed by atoms with van der Waals surface area (Å²) in [6, 6.07) is 17.0. The molecule has 0 saturated carbocycles. The molecule has 21 heavy (non-hydrogen) atoms. The van der Waals surface area contributed by atoms with Crippen LogP contribution in [0.5, 0.6) is 0 Å². The van der Waals surface area contributed by atoms with Gasteiger partial charge < -0.3 is 9.15 Å². The van der Waals surface area contributed by atoms with Gasteiger partial charge in [-0.15, -0.1) is 0 Å². The Labute approximate surface area is 122 Å². The minimum absolute atomic E-state index is 0.0239. The van der Waals surface area contributed by atoms with E-state index in [-0.39, 0.29) is 12.0 Å². The van der Waals surface area contributed by atoms with Crippen LogP contribution >= 0.6 is 0 Å². The molecule has 0 N–H and O–H groups in total. The third kappa shape index (κ3) is 2.60. The molecule has 0 aliphatic heterocycles. The van der Waals surface area contributed by atoms with Gasteiger partial charge in [0, 0.05) is 12.2 Å². The Morgan fingerprint density at radius 1 is 1.00 bits per heavy atom. The fraction of sp³-hybridized carbons (Fsp3) is 0.167. The fourth-order valence-electron chi connectivity index (χ4n) is 2.34. The maximum Gasteiger partial charge on any atom is 0.198 e. The predicted octanol–water partition coefficient (Wildman–Crippen LogP) is 4.00. The highest BCUT2D eigenvalue weighted by Gasteiger charge is 2.15. The molecule has 0 aliphatic carbocycles. The maximum absolute atomic E-state index is 12.7. The zero-order valence-electron chi connectivity index (χ0n) is 11.8. The van der Waals surface area contributed by atoms with Crippen LogP contribution in [0.4, 0.5) is 0 Å². The quantitative estimate of drug-likeness (QED) is 0.725. The summed E-state index contributed by atoms with van der Waals surface area (Å²) in [4.78, 5) is 12.7. The van der Waals surface area contributed by atoms with Crippen molar-refractivity contribution < 1.29 is 9.15 Å². The van der Waals surface area contributed by atoms with Gasteiger partial charge in [0.1, 0.15) is 11.3 Å². The number of benzene rings is 2. The molecular formula is C18H16O3. The summed E-state index contributed by atoms with van der Waals surface area (Å²) in [5.41, 5.74) is 2.03. The van der Waals surface area contributed by atoms with Gasteiger partial charge >= 0.3 is 0 Å². The molecule has 106 valence electrons. The summed E-state index contributed by atoms with van der Waals surface area (Å²) in [5.74, 6) is 0.591. The molecule has 0 fully saturated rings. The van der Waals surface area contributed by atoms with Crippen molar-refractivity contribution in [3.05, 3.63) is 70.4 Å². The van der Waals surface area contributed by atoms with Crippen LogP contribution in [-0.4, -0.2) is 6.61 Å². The lowest BCUT2D eigenvalue weighted by Gasteiger charge is -2.10. The van der Waals surface area contributed by atoms with Crippen molar-refractivity contribution in [1.82, 2.24) is 0 Å². The van der Waals surface area contributed by atoms with Crippen LogP contribution in [0.2, 0.25) is 0 Å². The average Bonchev–Trinajstić information content (AvgIpc) is 2.55. The Balaban J connectivity index is 2.28. The minimum Gasteiger partial charge on any atom is -0.455 e. The molecule has 0 spiro atoms. The molecule has 1 aromatic heterocycles. The first-order valence-corrected chi connectivity index (χ1v) is 6.99. The van der Waals surface area contributed by atoms with E-state index >= 15 is 0 Å². The summed E-state index contributed by atoms with van der Waals surface area (Å²) in [6.45, 7) is 2.72. The van der Waals surface area contributed by atoms with Gasteiger partial charge in [-0.2, -0.15) is 0 Å². The third-order valence-corrected chi connectivity index (χ3v) is 3.38. The third-order valence-electron chi connectivity index (χ3n) is 3.38. The molecule has 3 nitrogen and oxygen atoms in total. The van der Waals surface area contributed by atoms with Crippen molar-refractivity contribution in [2.45, 2.75) is 13.5 Å². The summed E-state index contributed by atoms with van der Waals surface area (Å²) in [7, 11) is 0. The largest absolute Gasteiger partial charge is 0.455 e. The average molecular weight is 280 g/mol. The van der Waals surface area contributed by atoms with E-state index in [9.17, 15) is 4.79 Å². The molecule has 0 aliphatic rings. The van der Waals surface area contributed by atoms with Gasteiger partial charge in [-0.1, -0.05) is 42.5 Å². The Morgan fingerprint density at radius 3 is 2.48 bits per heavy atom. The van der Waals surface area contributed by atoms with Crippen LogP contribution in [0.25, 0.3) is 22.3 Å². The number of ether oxygens (including phenoxy) is 1. The monoisotopic (exact) mass is 280 g/mol. The fourth-order valence-corrected chi connectivity index (χ4v) is 2.34. The van der Waals surface area contributed by atoms with Crippen molar-refractivity contribution >= 4 is 11.0 Å². The number of fused-ring (bicyclic) bond motifs is 1. The van der Waals surface area contributed by atoms with Gasteiger partial charge in [0.2, 0.25) is 0 Å². The van der Waals surface area contributed by atoms with Crippen molar-refractivity contribution in [3.63, 3.8) is 0 Å². The Morgan fingerprint density at radius 2 is 1.71 bits per heavy atom. The van der Waals surface area contributed by atoms with E-state index in [4.69, 9.17) is 9.15 Å². The first kappa shape index (κ1) is 13.6. The molecule has 2 aromatic carbocycles. The highest BCUT2D eigenvalue weighted by atomic mass is 16.5. The van der Waals surface area contributed by atoms with Gasteiger partial charge in [0.15, 0.2) is 5.43 Å². The second-order valence-electron chi connectivity index (χ2n) is 4.74. The molecule has 0 radical (unpaired) electrons. The maximum atomic E-state index is 12.7. The lowest BCUT2D eigenvalue weighted by Crippen LogP contribution is -2.12. The van der Waals surface area contributed by atoms with Crippen molar-refractivity contribution in [2.24, 2.45) is 0 Å². The van der Waals surface area contributed by atoms with E-state index in [1.807, 2.05) is 55.5 Å². The SMILES string of the molecule is CCOCc1c(-c2ccccc2)oc2ccccc2c1=O. The summed E-state index contributed by atoms with van der Waals surface area (Å²) >= 11 is 0. The lowest BCUT2D eigenvalue weighted by atomic mass is 10.1. The van der Waals surface area contributed by atoms with E-state index in [1.54, 1.807) is 6.07 Å². The molecule has 0 atom stereocenters. The topological polar surface area (TPSA) is 39.4 Å². The van der Waals surface area contributed by atoms with Gasteiger partial charge in [-0.05, 0) is 19.1 Å². The van der Waals surface area contributed by atoms with Crippen molar-refractivity contribution in [2.75, 3.05) is 6.61 Å². The smallest absolute Gasteiger partial charge is 0.198 e. The van der Waals surface area contributed by atoms with Crippen LogP contribution in [0.15, 0.2) is 63.8 Å². The molecule has 1 heterocycles. The first-order chi connectivity index (χ1) is 10.3. The van der Waals surface area contributed by atoms with E-state index < -0.39 is 0 Å². The number of para-hydroxylation sites is 1. The van der Waals surface area contributed by atoms with Crippen LogP contribution < -0.4 is 5.43 Å². The molecule has 0 bridgehead atoms. The molecule has 0 saturated heterocycles. The van der Waals surface area contributed by atoms with Crippen LogP contribution in [0.1, 0.15) is 12.5 Å². The Hall–Kier alpha value is -2.39. The predicted molar refractivity (Wildman–Crippen MR) is 83.3 cm³/mol. The van der Waals surface area contributed by atoms with Gasteiger partial charge in [0.25, 0.3) is 0 Å².